The lowest BCUT2D eigenvalue weighted by molar-refractivity contribution is 0.628. The molecule has 5 rings (SSSR count). The fourth-order valence-corrected chi connectivity index (χ4v) is 5.35. The van der Waals surface area contributed by atoms with Gasteiger partial charge in [-0.25, -0.2) is 0 Å². The summed E-state index contributed by atoms with van der Waals surface area (Å²) in [6.45, 7) is 4.46. The molecule has 2 aliphatic rings. The van der Waals surface area contributed by atoms with Crippen LogP contribution in [0.3, 0.4) is 0 Å². The fourth-order valence-electron chi connectivity index (χ4n) is 5.35. The molecule has 0 amide bonds. The van der Waals surface area contributed by atoms with E-state index in [9.17, 15) is 0 Å². The summed E-state index contributed by atoms with van der Waals surface area (Å²) in [5.74, 6) is 0.630. The molecule has 0 heterocycles. The van der Waals surface area contributed by atoms with Gasteiger partial charge in [0.2, 0.25) is 0 Å². The van der Waals surface area contributed by atoms with Gasteiger partial charge < -0.3 is 0 Å². The minimum atomic E-state index is 0.630. The molecule has 0 heteroatoms. The molecule has 3 aromatic rings. The van der Waals surface area contributed by atoms with Crippen LogP contribution in [0.5, 0.6) is 0 Å². The Balaban J connectivity index is 1.52. The first-order valence-corrected chi connectivity index (χ1v) is 12.0. The lowest BCUT2D eigenvalue weighted by Gasteiger charge is -2.25. The van der Waals surface area contributed by atoms with Crippen molar-refractivity contribution in [2.75, 3.05) is 0 Å². The van der Waals surface area contributed by atoms with Gasteiger partial charge in [0.25, 0.3) is 0 Å². The molecule has 0 nitrogen and oxygen atoms in total. The number of allylic oxidation sites excluding steroid dienone is 8. The van der Waals surface area contributed by atoms with Crippen LogP contribution in [0.25, 0.3) is 16.3 Å². The molecule has 1 atom stereocenters. The number of fused-ring (bicyclic) bond motifs is 1. The number of benzene rings is 3. The summed E-state index contributed by atoms with van der Waals surface area (Å²) in [6.07, 6.45) is 17.3. The van der Waals surface area contributed by atoms with Gasteiger partial charge in [0.1, 0.15) is 0 Å². The molecule has 0 radical (unpaired) electrons. The maximum Gasteiger partial charge on any atom is -0.00575 e. The van der Waals surface area contributed by atoms with Crippen molar-refractivity contribution in [3.63, 3.8) is 0 Å². The molecule has 0 bridgehead atoms. The van der Waals surface area contributed by atoms with E-state index in [1.165, 1.54) is 57.9 Å². The first-order valence-electron chi connectivity index (χ1n) is 12.0. The second kappa shape index (κ2) is 9.17. The molecule has 0 aromatic heterocycles. The van der Waals surface area contributed by atoms with Gasteiger partial charge in [0.05, 0.1) is 0 Å². The van der Waals surface area contributed by atoms with Gasteiger partial charge in [-0.3, -0.25) is 0 Å². The quantitative estimate of drug-likeness (QED) is 0.390. The van der Waals surface area contributed by atoms with E-state index in [4.69, 9.17) is 0 Å². The van der Waals surface area contributed by atoms with E-state index in [2.05, 4.69) is 105 Å². The molecule has 32 heavy (non-hydrogen) atoms. The van der Waals surface area contributed by atoms with Crippen molar-refractivity contribution in [3.05, 3.63) is 124 Å². The first-order chi connectivity index (χ1) is 15.7. The van der Waals surface area contributed by atoms with Crippen LogP contribution in [0, 0.1) is 19.8 Å². The maximum atomic E-state index is 2.53. The minimum absolute atomic E-state index is 0.630. The molecule has 3 aromatic carbocycles. The lowest BCUT2D eigenvalue weighted by Crippen LogP contribution is -2.07. The second-order valence-corrected chi connectivity index (χ2v) is 9.41. The van der Waals surface area contributed by atoms with Crippen LogP contribution in [0.4, 0.5) is 0 Å². The fraction of sp³-hybridized carbons (Fsp3) is 0.250. The van der Waals surface area contributed by atoms with Gasteiger partial charge in [0, 0.05) is 0 Å². The van der Waals surface area contributed by atoms with Gasteiger partial charge in [-0.2, -0.15) is 0 Å². The summed E-state index contributed by atoms with van der Waals surface area (Å²) >= 11 is 0. The molecule has 2 aliphatic carbocycles. The zero-order valence-electron chi connectivity index (χ0n) is 19.3. The highest BCUT2D eigenvalue weighted by Crippen LogP contribution is 2.38. The van der Waals surface area contributed by atoms with Gasteiger partial charge in [-0.05, 0) is 90.5 Å². The van der Waals surface area contributed by atoms with Crippen LogP contribution >= 0.6 is 0 Å². The monoisotopic (exact) mass is 416 g/mol. The van der Waals surface area contributed by atoms with Crippen molar-refractivity contribution < 1.29 is 0 Å². The summed E-state index contributed by atoms with van der Waals surface area (Å²) in [4.78, 5) is 0. The number of hydrogen-bond acceptors (Lipinski definition) is 0. The highest BCUT2D eigenvalue weighted by molar-refractivity contribution is 5.89. The van der Waals surface area contributed by atoms with E-state index in [1.54, 1.807) is 11.1 Å². The zero-order valence-corrected chi connectivity index (χ0v) is 19.3. The molecule has 0 N–H and O–H groups in total. The van der Waals surface area contributed by atoms with Crippen molar-refractivity contribution >= 4 is 16.3 Å². The van der Waals surface area contributed by atoms with Gasteiger partial charge in [-0.15, -0.1) is 0 Å². The summed E-state index contributed by atoms with van der Waals surface area (Å²) in [5.41, 5.74) is 10.2. The minimum Gasteiger partial charge on any atom is -0.0840 e. The number of aryl methyl sites for hydroxylation is 2. The van der Waals surface area contributed by atoms with Crippen LogP contribution in [0.15, 0.2) is 102 Å². The van der Waals surface area contributed by atoms with Crippen LogP contribution in [-0.2, 0) is 6.42 Å². The van der Waals surface area contributed by atoms with E-state index in [1.807, 2.05) is 0 Å². The van der Waals surface area contributed by atoms with E-state index in [0.29, 0.717) is 5.92 Å². The largest absolute Gasteiger partial charge is 0.0840 e. The molecular weight excluding hydrogens is 384 g/mol. The van der Waals surface area contributed by atoms with Crippen molar-refractivity contribution in [3.8, 4) is 0 Å². The normalized spacial score (nSPS) is 18.3. The molecule has 0 saturated heterocycles. The Bertz CT molecular complexity index is 1260. The number of hydrogen-bond donors (Lipinski definition) is 0. The third-order valence-corrected chi connectivity index (χ3v) is 7.14. The smallest absolute Gasteiger partial charge is 0.00575 e. The van der Waals surface area contributed by atoms with Gasteiger partial charge >= 0.3 is 0 Å². The summed E-state index contributed by atoms with van der Waals surface area (Å²) in [7, 11) is 0. The predicted molar refractivity (Wildman–Crippen MR) is 139 cm³/mol. The summed E-state index contributed by atoms with van der Waals surface area (Å²) in [5, 5.41) is 2.79. The van der Waals surface area contributed by atoms with E-state index in [-0.39, 0.29) is 0 Å². The van der Waals surface area contributed by atoms with Crippen LogP contribution in [0.1, 0.15) is 47.9 Å². The zero-order chi connectivity index (χ0) is 21.9. The van der Waals surface area contributed by atoms with Crippen LogP contribution in [-0.4, -0.2) is 0 Å². The highest BCUT2D eigenvalue weighted by atomic mass is 14.2. The Hall–Kier alpha value is -3.12. The average Bonchev–Trinajstić information content (AvgIpc) is 2.82. The van der Waals surface area contributed by atoms with E-state index >= 15 is 0 Å². The van der Waals surface area contributed by atoms with Crippen molar-refractivity contribution in [1.82, 2.24) is 0 Å². The molecular formula is C32H32. The SMILES string of the molecule is Cc1ccccc1C1=C(CC2C=CC=CC2)CCC(Cc2cccc3c(C)cccc23)=C1. The second-order valence-electron chi connectivity index (χ2n) is 9.41. The maximum absolute atomic E-state index is 2.53. The van der Waals surface area contributed by atoms with Crippen LogP contribution in [0.2, 0.25) is 0 Å². The topological polar surface area (TPSA) is 0 Å². The molecule has 0 fully saturated rings. The summed E-state index contributed by atoms with van der Waals surface area (Å²) < 4.78 is 0. The predicted octanol–water partition coefficient (Wildman–Crippen LogP) is 8.70. The standard InChI is InChI=1S/C32H32/c1-23-10-6-7-15-30(23)32-22-26(18-19-28(32)20-25-12-4-3-5-13-25)21-27-14-9-16-29-24(2)11-8-17-31(27)29/h3-12,14-17,22,25H,13,18-21H2,1-2H3. The Morgan fingerprint density at radius 1 is 0.781 bits per heavy atom. The molecule has 0 spiro atoms. The Morgan fingerprint density at radius 2 is 1.59 bits per heavy atom. The Morgan fingerprint density at radius 3 is 2.44 bits per heavy atom. The van der Waals surface area contributed by atoms with Crippen LogP contribution < -0.4 is 0 Å². The molecule has 0 aliphatic heterocycles. The third-order valence-electron chi connectivity index (χ3n) is 7.14. The van der Waals surface area contributed by atoms with Gasteiger partial charge in [-0.1, -0.05) is 102 Å². The molecule has 0 saturated carbocycles. The summed E-state index contributed by atoms with van der Waals surface area (Å²) in [6, 6.07) is 22.4. The Kier molecular flexibility index (Phi) is 5.95. The third kappa shape index (κ3) is 4.28. The molecule has 160 valence electrons. The Labute approximate surface area is 192 Å². The van der Waals surface area contributed by atoms with Crippen molar-refractivity contribution in [2.24, 2.45) is 5.92 Å². The van der Waals surface area contributed by atoms with Crippen molar-refractivity contribution in [2.45, 2.75) is 46.0 Å². The number of rotatable bonds is 5. The molecule has 1 unspecified atom stereocenters. The van der Waals surface area contributed by atoms with Gasteiger partial charge in [0.15, 0.2) is 0 Å². The van der Waals surface area contributed by atoms with E-state index < -0.39 is 0 Å². The first kappa shape index (κ1) is 20.8. The average molecular weight is 417 g/mol. The lowest BCUT2D eigenvalue weighted by atomic mass is 9.80. The van der Waals surface area contributed by atoms with Crippen molar-refractivity contribution in [1.29, 1.82) is 0 Å². The highest BCUT2D eigenvalue weighted by Gasteiger charge is 2.19. The van der Waals surface area contributed by atoms with E-state index in [0.717, 1.165) is 12.8 Å².